The number of carbonyl (C=O) groups excluding carboxylic acids is 1. The molecule has 0 aromatic heterocycles. The second kappa shape index (κ2) is 9.35. The first-order chi connectivity index (χ1) is 13.9. The quantitative estimate of drug-likeness (QED) is 0.504. The highest BCUT2D eigenvalue weighted by Crippen LogP contribution is 2.32. The topological polar surface area (TPSA) is 88.1 Å². The molecule has 0 radical (unpaired) electrons. The Morgan fingerprint density at radius 2 is 1.97 bits per heavy atom. The lowest BCUT2D eigenvalue weighted by molar-refractivity contribution is -0.137. The van der Waals surface area contributed by atoms with Crippen molar-refractivity contribution in [1.82, 2.24) is 5.43 Å². The number of hydrogen-bond acceptors (Lipinski definition) is 5. The minimum atomic E-state index is -4.51. The van der Waals surface area contributed by atoms with Crippen LogP contribution < -0.4 is 14.5 Å². The number of sulfonamides is 1. The Bertz CT molecular complexity index is 1060. The molecule has 0 aliphatic heterocycles. The summed E-state index contributed by atoms with van der Waals surface area (Å²) in [5, 5.41) is 3.81. The third-order valence-electron chi connectivity index (χ3n) is 3.71. The largest absolute Gasteiger partial charge is 0.495 e. The third kappa shape index (κ3) is 6.36. The van der Waals surface area contributed by atoms with Crippen LogP contribution in [0, 0.1) is 0 Å². The number of halogens is 4. The normalized spacial score (nSPS) is 12.1. The number of nitrogens with one attached hydrogen (secondary N) is 1. The number of methoxy groups -OCH3 is 1. The van der Waals surface area contributed by atoms with E-state index in [2.05, 4.69) is 10.5 Å². The summed E-state index contributed by atoms with van der Waals surface area (Å²) in [5.41, 5.74) is 1.36. The maximum absolute atomic E-state index is 12.7. The van der Waals surface area contributed by atoms with E-state index in [1.807, 2.05) is 0 Å². The van der Waals surface area contributed by atoms with E-state index in [4.69, 9.17) is 16.3 Å². The third-order valence-corrected chi connectivity index (χ3v) is 5.08. The fourth-order valence-electron chi connectivity index (χ4n) is 2.38. The van der Waals surface area contributed by atoms with E-state index in [9.17, 15) is 26.4 Å². The molecule has 0 bridgehead atoms. The number of anilines is 1. The van der Waals surface area contributed by atoms with Crippen LogP contribution in [0.1, 0.15) is 11.1 Å². The Morgan fingerprint density at radius 1 is 1.27 bits per heavy atom. The molecule has 0 fully saturated rings. The molecule has 0 saturated carbocycles. The number of nitrogens with zero attached hydrogens (tertiary/aromatic N) is 2. The number of rotatable bonds is 7. The maximum atomic E-state index is 12.7. The van der Waals surface area contributed by atoms with E-state index in [0.717, 1.165) is 28.9 Å². The monoisotopic (exact) mass is 463 g/mol. The van der Waals surface area contributed by atoms with Crippen LogP contribution in [-0.2, 0) is 21.0 Å². The summed E-state index contributed by atoms with van der Waals surface area (Å²) in [6, 6.07) is 8.57. The first-order valence-corrected chi connectivity index (χ1v) is 10.4. The van der Waals surface area contributed by atoms with Crippen LogP contribution in [0.5, 0.6) is 5.75 Å². The minimum absolute atomic E-state index is 0.0458. The molecule has 0 saturated heterocycles. The molecule has 30 heavy (non-hydrogen) atoms. The van der Waals surface area contributed by atoms with Crippen LogP contribution in [0.4, 0.5) is 18.9 Å². The number of hydrogen-bond donors (Lipinski definition) is 1. The van der Waals surface area contributed by atoms with Gasteiger partial charge in [0.1, 0.15) is 12.3 Å². The van der Waals surface area contributed by atoms with Crippen molar-refractivity contribution >= 4 is 39.4 Å². The van der Waals surface area contributed by atoms with Crippen LogP contribution in [0.25, 0.3) is 0 Å². The lowest BCUT2D eigenvalue weighted by atomic mass is 10.1. The van der Waals surface area contributed by atoms with Gasteiger partial charge in [-0.15, -0.1) is 0 Å². The molecule has 0 spiro atoms. The maximum Gasteiger partial charge on any atom is 0.416 e. The second-order valence-corrected chi connectivity index (χ2v) is 8.35. The van der Waals surface area contributed by atoms with Crippen LogP contribution in [0.3, 0.4) is 0 Å². The van der Waals surface area contributed by atoms with Gasteiger partial charge >= 0.3 is 6.18 Å². The molecule has 12 heteroatoms. The Kier molecular flexibility index (Phi) is 7.32. The number of carbonyl (C=O) groups is 1. The van der Waals surface area contributed by atoms with Gasteiger partial charge in [-0.3, -0.25) is 9.10 Å². The summed E-state index contributed by atoms with van der Waals surface area (Å²) in [6.45, 7) is -0.657. The number of benzene rings is 2. The highest BCUT2D eigenvalue weighted by atomic mass is 35.5. The van der Waals surface area contributed by atoms with Crippen molar-refractivity contribution in [1.29, 1.82) is 0 Å². The van der Waals surface area contributed by atoms with Gasteiger partial charge in [-0.25, -0.2) is 13.8 Å². The summed E-state index contributed by atoms with van der Waals surface area (Å²) in [6.07, 6.45) is -2.61. The molecular weight excluding hydrogens is 447 g/mol. The Balaban J connectivity index is 2.17. The summed E-state index contributed by atoms with van der Waals surface area (Å²) < 4.78 is 68.4. The molecular formula is C18H17ClF3N3O4S. The van der Waals surface area contributed by atoms with Crippen LogP contribution in [0.2, 0.25) is 5.02 Å². The number of amides is 1. The van der Waals surface area contributed by atoms with Gasteiger partial charge in [0.15, 0.2) is 0 Å². The highest BCUT2D eigenvalue weighted by Gasteiger charge is 2.30. The van der Waals surface area contributed by atoms with Gasteiger partial charge in [0.05, 0.1) is 30.8 Å². The first kappa shape index (κ1) is 23.5. The fourth-order valence-corrected chi connectivity index (χ4v) is 3.40. The Labute approximate surface area is 176 Å². The predicted molar refractivity (Wildman–Crippen MR) is 107 cm³/mol. The van der Waals surface area contributed by atoms with Gasteiger partial charge < -0.3 is 4.74 Å². The van der Waals surface area contributed by atoms with E-state index in [1.54, 1.807) is 0 Å². The average molecular weight is 464 g/mol. The lowest BCUT2D eigenvalue weighted by Crippen LogP contribution is -2.39. The van der Waals surface area contributed by atoms with Gasteiger partial charge in [-0.1, -0.05) is 23.7 Å². The van der Waals surface area contributed by atoms with E-state index in [0.29, 0.717) is 0 Å². The SMILES string of the molecule is COc1ccc(Cl)cc1N(CC(=O)N/N=C\c1cccc(C(F)(F)F)c1)S(C)(=O)=O. The molecule has 0 heterocycles. The molecule has 162 valence electrons. The molecule has 0 atom stereocenters. The smallest absolute Gasteiger partial charge is 0.416 e. The van der Waals surface area contributed by atoms with Crippen LogP contribution in [-0.4, -0.2) is 40.4 Å². The molecule has 2 rings (SSSR count). The van der Waals surface area contributed by atoms with E-state index >= 15 is 0 Å². The standard InChI is InChI=1S/C18H17ClF3N3O4S/c1-29-16-7-6-14(19)9-15(16)25(30(2,27)28)11-17(26)24-23-10-12-4-3-5-13(8-12)18(20,21)22/h3-10H,11H2,1-2H3,(H,24,26)/b23-10-. The van der Waals surface area contributed by atoms with Crippen molar-refractivity contribution in [2.24, 2.45) is 5.10 Å². The lowest BCUT2D eigenvalue weighted by Gasteiger charge is -2.23. The van der Waals surface area contributed by atoms with Crippen molar-refractivity contribution in [3.05, 3.63) is 58.6 Å². The summed E-state index contributed by atoms with van der Waals surface area (Å²) in [4.78, 5) is 12.2. The van der Waals surface area contributed by atoms with Crippen molar-refractivity contribution in [3.8, 4) is 5.75 Å². The van der Waals surface area contributed by atoms with Gasteiger partial charge in [-0.2, -0.15) is 18.3 Å². The molecule has 0 unspecified atom stereocenters. The number of ether oxygens (including phenoxy) is 1. The predicted octanol–water partition coefficient (Wildman–Crippen LogP) is 3.28. The van der Waals surface area contributed by atoms with Gasteiger partial charge in [0, 0.05) is 5.02 Å². The van der Waals surface area contributed by atoms with Crippen molar-refractivity contribution in [2.75, 3.05) is 24.2 Å². The zero-order chi connectivity index (χ0) is 22.5. The van der Waals surface area contributed by atoms with Gasteiger partial charge in [-0.05, 0) is 35.9 Å². The summed E-state index contributed by atoms with van der Waals surface area (Å²) in [5.74, 6) is -0.657. The minimum Gasteiger partial charge on any atom is -0.495 e. The van der Waals surface area contributed by atoms with Gasteiger partial charge in [0.2, 0.25) is 10.0 Å². The molecule has 2 aromatic carbocycles. The highest BCUT2D eigenvalue weighted by molar-refractivity contribution is 7.92. The molecule has 1 amide bonds. The summed E-state index contributed by atoms with van der Waals surface area (Å²) in [7, 11) is -2.58. The van der Waals surface area contributed by atoms with Crippen molar-refractivity contribution in [3.63, 3.8) is 0 Å². The molecule has 0 aliphatic carbocycles. The fraction of sp³-hybridized carbons (Fsp3) is 0.222. The number of hydrazone groups is 1. The average Bonchev–Trinajstić information content (AvgIpc) is 2.65. The molecule has 0 aliphatic rings. The second-order valence-electron chi connectivity index (χ2n) is 6.00. The Hall–Kier alpha value is -2.79. The zero-order valence-corrected chi connectivity index (χ0v) is 17.3. The van der Waals surface area contributed by atoms with Crippen LogP contribution in [0.15, 0.2) is 47.6 Å². The van der Waals surface area contributed by atoms with E-state index in [-0.39, 0.29) is 22.0 Å². The van der Waals surface area contributed by atoms with Crippen molar-refractivity contribution < 1.29 is 31.1 Å². The molecule has 2 aromatic rings. The Morgan fingerprint density at radius 3 is 2.57 bits per heavy atom. The van der Waals surface area contributed by atoms with E-state index in [1.165, 1.54) is 37.4 Å². The van der Waals surface area contributed by atoms with Crippen LogP contribution >= 0.6 is 11.6 Å². The zero-order valence-electron chi connectivity index (χ0n) is 15.8. The molecule has 7 nitrogen and oxygen atoms in total. The summed E-state index contributed by atoms with van der Waals surface area (Å²) >= 11 is 5.92. The molecule has 1 N–H and O–H groups in total. The first-order valence-electron chi connectivity index (χ1n) is 8.22. The number of alkyl halides is 3. The van der Waals surface area contributed by atoms with Crippen molar-refractivity contribution in [2.45, 2.75) is 6.18 Å². The van der Waals surface area contributed by atoms with Gasteiger partial charge in [0.25, 0.3) is 5.91 Å². The van der Waals surface area contributed by atoms with E-state index < -0.39 is 34.2 Å².